The SMILES string of the molecule is O=C(O)CCN(c1cccc(C(F)(F)F)c1)S(=O)(=O)c1ccc(Cl)c(Cl)c1. The molecule has 0 radical (unpaired) electrons. The third-order valence-electron chi connectivity index (χ3n) is 3.47. The van der Waals surface area contributed by atoms with Crippen molar-refractivity contribution in [2.45, 2.75) is 17.5 Å². The minimum atomic E-state index is -4.69. The van der Waals surface area contributed by atoms with Crippen molar-refractivity contribution >= 4 is 44.9 Å². The Morgan fingerprint density at radius 2 is 1.74 bits per heavy atom. The summed E-state index contributed by atoms with van der Waals surface area (Å²) < 4.78 is 65.3. The van der Waals surface area contributed by atoms with Crippen molar-refractivity contribution in [1.82, 2.24) is 0 Å². The van der Waals surface area contributed by atoms with Crippen molar-refractivity contribution in [3.8, 4) is 0 Å². The summed E-state index contributed by atoms with van der Waals surface area (Å²) in [5, 5.41) is 8.89. The van der Waals surface area contributed by atoms with Crippen LogP contribution in [0.3, 0.4) is 0 Å². The number of carboxylic acids is 1. The molecule has 0 amide bonds. The van der Waals surface area contributed by atoms with E-state index in [4.69, 9.17) is 28.3 Å². The number of carbonyl (C=O) groups is 1. The highest BCUT2D eigenvalue weighted by Gasteiger charge is 2.32. The molecule has 0 unspecified atom stereocenters. The lowest BCUT2D eigenvalue weighted by Gasteiger charge is -2.25. The van der Waals surface area contributed by atoms with Crippen molar-refractivity contribution in [1.29, 1.82) is 0 Å². The number of benzene rings is 2. The van der Waals surface area contributed by atoms with E-state index in [1.807, 2.05) is 0 Å². The highest BCUT2D eigenvalue weighted by Crippen LogP contribution is 2.34. The quantitative estimate of drug-likeness (QED) is 0.705. The molecule has 11 heteroatoms. The Morgan fingerprint density at radius 1 is 1.07 bits per heavy atom. The first-order valence-corrected chi connectivity index (χ1v) is 9.49. The number of anilines is 1. The fourth-order valence-electron chi connectivity index (χ4n) is 2.19. The van der Waals surface area contributed by atoms with Gasteiger partial charge in [0.05, 0.1) is 32.6 Å². The molecule has 0 saturated heterocycles. The number of rotatable bonds is 6. The average molecular weight is 442 g/mol. The molecule has 0 aromatic heterocycles. The van der Waals surface area contributed by atoms with E-state index in [1.165, 1.54) is 6.07 Å². The maximum atomic E-state index is 13.0. The fourth-order valence-corrected chi connectivity index (χ4v) is 4.03. The van der Waals surface area contributed by atoms with Gasteiger partial charge in [-0.3, -0.25) is 9.10 Å². The van der Waals surface area contributed by atoms with Crippen LogP contribution in [0.5, 0.6) is 0 Å². The summed E-state index contributed by atoms with van der Waals surface area (Å²) in [5.74, 6) is -1.31. The van der Waals surface area contributed by atoms with E-state index in [9.17, 15) is 26.4 Å². The number of carboxylic acid groups (broad SMARTS) is 1. The number of nitrogens with zero attached hydrogens (tertiary/aromatic N) is 1. The topological polar surface area (TPSA) is 74.7 Å². The van der Waals surface area contributed by atoms with Crippen LogP contribution in [0.25, 0.3) is 0 Å². The van der Waals surface area contributed by atoms with Gasteiger partial charge in [-0.05, 0) is 36.4 Å². The number of aliphatic carboxylic acids is 1. The second kappa shape index (κ2) is 7.95. The van der Waals surface area contributed by atoms with Gasteiger partial charge in [-0.2, -0.15) is 13.2 Å². The molecule has 2 aromatic rings. The molecule has 1 N–H and O–H groups in total. The molecule has 0 saturated carbocycles. The Kier molecular flexibility index (Phi) is 6.28. The molecule has 0 aliphatic rings. The van der Waals surface area contributed by atoms with Crippen molar-refractivity contribution in [3.63, 3.8) is 0 Å². The molecule has 0 spiro atoms. The fraction of sp³-hybridized carbons (Fsp3) is 0.188. The molecule has 0 fully saturated rings. The maximum absolute atomic E-state index is 13.0. The van der Waals surface area contributed by atoms with Gasteiger partial charge in [0.2, 0.25) is 0 Å². The first-order valence-electron chi connectivity index (χ1n) is 7.30. The van der Waals surface area contributed by atoms with E-state index in [0.29, 0.717) is 10.4 Å². The van der Waals surface area contributed by atoms with Gasteiger partial charge in [0, 0.05) is 6.54 Å². The summed E-state index contributed by atoms with van der Waals surface area (Å²) in [4.78, 5) is 10.5. The minimum absolute atomic E-state index is 0.0695. The minimum Gasteiger partial charge on any atom is -0.481 e. The number of hydrogen-bond donors (Lipinski definition) is 1. The first-order chi connectivity index (χ1) is 12.4. The number of hydrogen-bond acceptors (Lipinski definition) is 3. The summed E-state index contributed by atoms with van der Waals surface area (Å²) in [7, 11) is -4.39. The Morgan fingerprint density at radius 3 is 2.30 bits per heavy atom. The first kappa shape index (κ1) is 21.3. The van der Waals surface area contributed by atoms with Crippen LogP contribution in [0.2, 0.25) is 10.0 Å². The molecule has 5 nitrogen and oxygen atoms in total. The van der Waals surface area contributed by atoms with E-state index in [0.717, 1.165) is 30.3 Å². The van der Waals surface area contributed by atoms with Crippen LogP contribution in [0.4, 0.5) is 18.9 Å². The second-order valence-electron chi connectivity index (χ2n) is 5.34. The lowest BCUT2D eigenvalue weighted by molar-refractivity contribution is -0.138. The predicted octanol–water partition coefficient (Wildman–Crippen LogP) is 4.68. The van der Waals surface area contributed by atoms with E-state index in [1.54, 1.807) is 0 Å². The smallest absolute Gasteiger partial charge is 0.416 e. The molecule has 0 aliphatic carbocycles. The van der Waals surface area contributed by atoms with Crippen LogP contribution >= 0.6 is 23.2 Å². The van der Waals surface area contributed by atoms with Crippen LogP contribution in [0.15, 0.2) is 47.4 Å². The van der Waals surface area contributed by atoms with Crippen molar-refractivity contribution in [3.05, 3.63) is 58.1 Å². The number of alkyl halides is 3. The summed E-state index contributed by atoms with van der Waals surface area (Å²) in [6, 6.07) is 6.99. The number of halogens is 5. The predicted molar refractivity (Wildman–Crippen MR) is 94.7 cm³/mol. The highest BCUT2D eigenvalue weighted by molar-refractivity contribution is 7.92. The highest BCUT2D eigenvalue weighted by atomic mass is 35.5. The molecule has 0 aliphatic heterocycles. The van der Waals surface area contributed by atoms with Crippen LogP contribution in [-0.2, 0) is 21.0 Å². The zero-order valence-corrected chi connectivity index (χ0v) is 15.7. The zero-order valence-electron chi connectivity index (χ0n) is 13.4. The van der Waals surface area contributed by atoms with E-state index >= 15 is 0 Å². The zero-order chi connectivity index (χ0) is 20.4. The van der Waals surface area contributed by atoms with Gasteiger partial charge in [-0.1, -0.05) is 29.3 Å². The van der Waals surface area contributed by atoms with Gasteiger partial charge in [-0.15, -0.1) is 0 Å². The van der Waals surface area contributed by atoms with Crippen LogP contribution in [-0.4, -0.2) is 26.0 Å². The molecular weight excluding hydrogens is 430 g/mol. The summed E-state index contributed by atoms with van der Waals surface area (Å²) >= 11 is 11.6. The molecular formula is C16H12Cl2F3NO4S. The van der Waals surface area contributed by atoms with Crippen molar-refractivity contribution < 1.29 is 31.5 Å². The standard InChI is InChI=1S/C16H12Cl2F3NO4S/c17-13-5-4-12(9-14(13)18)27(25,26)22(7-6-15(23)24)11-3-1-2-10(8-11)16(19,20)21/h1-5,8-9H,6-7H2,(H,23,24). The van der Waals surface area contributed by atoms with Crippen LogP contribution < -0.4 is 4.31 Å². The molecule has 2 aromatic carbocycles. The molecule has 146 valence electrons. The second-order valence-corrected chi connectivity index (χ2v) is 8.02. The lowest BCUT2D eigenvalue weighted by Crippen LogP contribution is -2.33. The summed E-state index contributed by atoms with van der Waals surface area (Å²) in [5.41, 5.74) is -1.39. The largest absolute Gasteiger partial charge is 0.481 e. The summed E-state index contributed by atoms with van der Waals surface area (Å²) in [6.07, 6.45) is -5.31. The van der Waals surface area contributed by atoms with E-state index in [-0.39, 0.29) is 20.6 Å². The molecule has 0 heterocycles. The van der Waals surface area contributed by atoms with Crippen LogP contribution in [0, 0.1) is 0 Å². The Hall–Kier alpha value is -1.97. The van der Waals surface area contributed by atoms with Crippen LogP contribution in [0.1, 0.15) is 12.0 Å². The Labute approximate surface area is 163 Å². The lowest BCUT2D eigenvalue weighted by atomic mass is 10.2. The Bertz CT molecular complexity index is 964. The maximum Gasteiger partial charge on any atom is 0.416 e. The Balaban J connectivity index is 2.57. The normalized spacial score (nSPS) is 12.0. The van der Waals surface area contributed by atoms with Gasteiger partial charge >= 0.3 is 12.1 Å². The van der Waals surface area contributed by atoms with E-state index in [2.05, 4.69) is 0 Å². The third kappa shape index (κ3) is 5.06. The number of sulfonamides is 1. The average Bonchev–Trinajstić information content (AvgIpc) is 2.56. The van der Waals surface area contributed by atoms with Crippen molar-refractivity contribution in [2.75, 3.05) is 10.8 Å². The molecule has 27 heavy (non-hydrogen) atoms. The molecule has 2 rings (SSSR count). The van der Waals surface area contributed by atoms with Gasteiger partial charge in [0.25, 0.3) is 10.0 Å². The van der Waals surface area contributed by atoms with Gasteiger partial charge in [0.15, 0.2) is 0 Å². The van der Waals surface area contributed by atoms with Gasteiger partial charge in [0.1, 0.15) is 0 Å². The van der Waals surface area contributed by atoms with Gasteiger partial charge < -0.3 is 5.11 Å². The molecule has 0 bridgehead atoms. The molecule has 0 atom stereocenters. The van der Waals surface area contributed by atoms with E-state index < -0.39 is 40.7 Å². The van der Waals surface area contributed by atoms with Crippen molar-refractivity contribution in [2.24, 2.45) is 0 Å². The third-order valence-corrected chi connectivity index (χ3v) is 6.03. The summed E-state index contributed by atoms with van der Waals surface area (Å²) in [6.45, 7) is -0.570. The monoisotopic (exact) mass is 441 g/mol. The van der Waals surface area contributed by atoms with Gasteiger partial charge in [-0.25, -0.2) is 8.42 Å².